The Hall–Kier alpha value is -0.650. The fraction of sp³-hybridized carbons (Fsp3) is 0.417. The van der Waals surface area contributed by atoms with Crippen molar-refractivity contribution in [1.29, 1.82) is 0 Å². The zero-order valence-electron chi connectivity index (χ0n) is 9.69. The van der Waals surface area contributed by atoms with E-state index in [4.69, 9.17) is 0 Å². The molecule has 17 heavy (non-hydrogen) atoms. The van der Waals surface area contributed by atoms with E-state index in [0.717, 1.165) is 32.0 Å². The molecular formula is C12H14BrN3S. The molecule has 0 saturated carbocycles. The zero-order valence-corrected chi connectivity index (χ0v) is 12.1. The molecule has 0 aliphatic carbocycles. The lowest BCUT2D eigenvalue weighted by molar-refractivity contribution is 0.312. The number of hydrogen-bond donors (Lipinski definition) is 0. The molecule has 2 aromatic rings. The highest BCUT2D eigenvalue weighted by molar-refractivity contribution is 9.11. The summed E-state index contributed by atoms with van der Waals surface area (Å²) in [6.45, 7) is 4.36. The number of piperazine rings is 1. The molecule has 3 rings (SSSR count). The third-order valence-electron chi connectivity index (χ3n) is 3.20. The number of hydrogen-bond acceptors (Lipinski definition) is 4. The number of thiophene rings is 1. The maximum Gasteiger partial charge on any atom is 0.137 e. The van der Waals surface area contributed by atoms with Gasteiger partial charge in [0.2, 0.25) is 0 Å². The summed E-state index contributed by atoms with van der Waals surface area (Å²) < 4.78 is 2.48. The van der Waals surface area contributed by atoms with Crippen molar-refractivity contribution in [2.45, 2.75) is 0 Å². The van der Waals surface area contributed by atoms with Crippen molar-refractivity contribution < 1.29 is 0 Å². The van der Waals surface area contributed by atoms with Crippen molar-refractivity contribution in [3.8, 4) is 0 Å². The third kappa shape index (κ3) is 2.19. The van der Waals surface area contributed by atoms with Crippen LogP contribution >= 0.6 is 27.3 Å². The SMILES string of the molecule is CN1CCN(c2nccc3sc(Br)cc23)CC1. The van der Waals surface area contributed by atoms with Crippen molar-refractivity contribution in [1.82, 2.24) is 9.88 Å². The molecule has 1 saturated heterocycles. The smallest absolute Gasteiger partial charge is 0.137 e. The molecule has 0 unspecified atom stereocenters. The van der Waals surface area contributed by atoms with Gasteiger partial charge in [0.15, 0.2) is 0 Å². The quantitative estimate of drug-likeness (QED) is 0.807. The normalized spacial score (nSPS) is 17.9. The predicted molar refractivity (Wildman–Crippen MR) is 77.0 cm³/mol. The van der Waals surface area contributed by atoms with E-state index in [2.05, 4.69) is 49.9 Å². The molecule has 0 spiro atoms. The first-order valence-electron chi connectivity index (χ1n) is 5.71. The molecule has 0 bridgehead atoms. The Labute approximate surface area is 113 Å². The molecule has 2 aromatic heterocycles. The summed E-state index contributed by atoms with van der Waals surface area (Å²) in [5.74, 6) is 1.14. The van der Waals surface area contributed by atoms with Crippen LogP contribution < -0.4 is 4.90 Å². The lowest BCUT2D eigenvalue weighted by Gasteiger charge is -2.33. The van der Waals surface area contributed by atoms with Gasteiger partial charge in [0, 0.05) is 42.5 Å². The van der Waals surface area contributed by atoms with Crippen LogP contribution in [0.1, 0.15) is 0 Å². The van der Waals surface area contributed by atoms with E-state index in [0.29, 0.717) is 0 Å². The topological polar surface area (TPSA) is 19.4 Å². The van der Waals surface area contributed by atoms with Crippen molar-refractivity contribution in [3.63, 3.8) is 0 Å². The number of aromatic nitrogens is 1. The van der Waals surface area contributed by atoms with Crippen LogP contribution in [0.5, 0.6) is 0 Å². The third-order valence-corrected chi connectivity index (χ3v) is 4.80. The molecule has 1 aliphatic heterocycles. The van der Waals surface area contributed by atoms with Crippen LogP contribution in [0.2, 0.25) is 0 Å². The van der Waals surface area contributed by atoms with Gasteiger partial charge in [-0.05, 0) is 35.1 Å². The number of pyridine rings is 1. The molecule has 90 valence electrons. The van der Waals surface area contributed by atoms with E-state index in [1.54, 1.807) is 11.3 Å². The van der Waals surface area contributed by atoms with Gasteiger partial charge in [0.1, 0.15) is 5.82 Å². The Morgan fingerprint density at radius 1 is 1.29 bits per heavy atom. The minimum Gasteiger partial charge on any atom is -0.354 e. The first kappa shape index (κ1) is 11.4. The summed E-state index contributed by atoms with van der Waals surface area (Å²) in [5, 5.41) is 1.27. The summed E-state index contributed by atoms with van der Waals surface area (Å²) in [6.07, 6.45) is 1.92. The van der Waals surface area contributed by atoms with Gasteiger partial charge in [-0.25, -0.2) is 4.98 Å². The van der Waals surface area contributed by atoms with Crippen LogP contribution in [0, 0.1) is 0 Å². The van der Waals surface area contributed by atoms with Crippen molar-refractivity contribution in [2.75, 3.05) is 38.1 Å². The van der Waals surface area contributed by atoms with E-state index in [-0.39, 0.29) is 0 Å². The maximum absolute atomic E-state index is 4.56. The maximum atomic E-state index is 4.56. The largest absolute Gasteiger partial charge is 0.354 e. The van der Waals surface area contributed by atoms with Crippen LogP contribution in [0.15, 0.2) is 22.1 Å². The zero-order chi connectivity index (χ0) is 11.8. The van der Waals surface area contributed by atoms with Crippen LogP contribution in [0.4, 0.5) is 5.82 Å². The van der Waals surface area contributed by atoms with Crippen molar-refractivity contribution in [3.05, 3.63) is 22.1 Å². The summed E-state index contributed by atoms with van der Waals surface area (Å²) in [4.78, 5) is 9.31. The van der Waals surface area contributed by atoms with E-state index in [1.807, 2.05) is 6.20 Å². The predicted octanol–water partition coefficient (Wildman–Crippen LogP) is 2.81. The van der Waals surface area contributed by atoms with Gasteiger partial charge in [-0.3, -0.25) is 0 Å². The second-order valence-corrected chi connectivity index (χ2v) is 6.85. The van der Waals surface area contributed by atoms with Crippen LogP contribution in [0.3, 0.4) is 0 Å². The second kappa shape index (κ2) is 4.55. The molecule has 3 nitrogen and oxygen atoms in total. The average Bonchev–Trinajstić information content (AvgIpc) is 2.70. The highest BCUT2D eigenvalue weighted by Crippen LogP contribution is 2.34. The first-order chi connectivity index (χ1) is 8.24. The minimum absolute atomic E-state index is 1.07. The monoisotopic (exact) mass is 311 g/mol. The number of halogens is 1. The van der Waals surface area contributed by atoms with E-state index in [1.165, 1.54) is 13.9 Å². The number of fused-ring (bicyclic) bond motifs is 1. The number of nitrogens with zero attached hydrogens (tertiary/aromatic N) is 3. The molecular weight excluding hydrogens is 298 g/mol. The van der Waals surface area contributed by atoms with Gasteiger partial charge < -0.3 is 9.80 Å². The van der Waals surface area contributed by atoms with E-state index in [9.17, 15) is 0 Å². The number of likely N-dealkylation sites (N-methyl/N-ethyl adjacent to an activating group) is 1. The molecule has 1 aliphatic rings. The Morgan fingerprint density at radius 3 is 2.82 bits per heavy atom. The standard InChI is InChI=1S/C12H14BrN3S/c1-15-4-6-16(7-5-15)12-9-8-11(13)17-10(9)2-3-14-12/h2-3,8H,4-7H2,1H3. The van der Waals surface area contributed by atoms with Crippen LogP contribution in [-0.2, 0) is 0 Å². The Bertz CT molecular complexity index is 532. The van der Waals surface area contributed by atoms with Crippen LogP contribution in [0.25, 0.3) is 10.1 Å². The lowest BCUT2D eigenvalue weighted by Crippen LogP contribution is -2.44. The summed E-state index contributed by atoms with van der Waals surface area (Å²) in [6, 6.07) is 4.27. The molecule has 0 atom stereocenters. The Balaban J connectivity index is 1.99. The summed E-state index contributed by atoms with van der Waals surface area (Å²) in [7, 11) is 2.17. The number of anilines is 1. The Morgan fingerprint density at radius 2 is 2.06 bits per heavy atom. The molecule has 0 N–H and O–H groups in total. The van der Waals surface area contributed by atoms with Crippen LogP contribution in [-0.4, -0.2) is 43.1 Å². The molecule has 3 heterocycles. The molecule has 1 fully saturated rings. The first-order valence-corrected chi connectivity index (χ1v) is 7.32. The highest BCUT2D eigenvalue weighted by atomic mass is 79.9. The van der Waals surface area contributed by atoms with E-state index < -0.39 is 0 Å². The van der Waals surface area contributed by atoms with Gasteiger partial charge >= 0.3 is 0 Å². The average molecular weight is 312 g/mol. The van der Waals surface area contributed by atoms with Gasteiger partial charge in [-0.1, -0.05) is 0 Å². The Kier molecular flexibility index (Phi) is 3.06. The summed E-state index contributed by atoms with van der Waals surface area (Å²) >= 11 is 5.33. The van der Waals surface area contributed by atoms with Gasteiger partial charge in [0.25, 0.3) is 0 Å². The van der Waals surface area contributed by atoms with Gasteiger partial charge in [0.05, 0.1) is 3.79 Å². The minimum atomic E-state index is 1.07. The molecule has 0 amide bonds. The van der Waals surface area contributed by atoms with Gasteiger partial charge in [-0.2, -0.15) is 0 Å². The molecule has 0 radical (unpaired) electrons. The van der Waals surface area contributed by atoms with Crippen molar-refractivity contribution in [2.24, 2.45) is 0 Å². The fourth-order valence-corrected chi connectivity index (χ4v) is 3.72. The number of rotatable bonds is 1. The molecule has 5 heteroatoms. The van der Waals surface area contributed by atoms with E-state index >= 15 is 0 Å². The lowest BCUT2D eigenvalue weighted by atomic mass is 10.2. The highest BCUT2D eigenvalue weighted by Gasteiger charge is 2.18. The van der Waals surface area contributed by atoms with Crippen molar-refractivity contribution >= 4 is 43.2 Å². The second-order valence-electron chi connectivity index (χ2n) is 4.39. The summed E-state index contributed by atoms with van der Waals surface area (Å²) in [5.41, 5.74) is 0. The molecule has 0 aromatic carbocycles. The van der Waals surface area contributed by atoms with Gasteiger partial charge in [-0.15, -0.1) is 11.3 Å². The fourth-order valence-electron chi connectivity index (χ4n) is 2.19.